The van der Waals surface area contributed by atoms with E-state index in [0.717, 1.165) is 33.0 Å². The van der Waals surface area contributed by atoms with Gasteiger partial charge in [0.2, 0.25) is 0 Å². The molecule has 0 saturated carbocycles. The lowest BCUT2D eigenvalue weighted by Crippen LogP contribution is -1.79. The Bertz CT molecular complexity index is 1770. The van der Waals surface area contributed by atoms with E-state index in [-0.39, 0.29) is 0 Å². The molecular weight excluding hydrogens is 390 g/mol. The third kappa shape index (κ3) is 2.60. The van der Waals surface area contributed by atoms with Gasteiger partial charge in [-0.25, -0.2) is 0 Å². The van der Waals surface area contributed by atoms with E-state index >= 15 is 0 Å². The van der Waals surface area contributed by atoms with Crippen molar-refractivity contribution >= 4 is 43.7 Å². The minimum absolute atomic E-state index is 0.918. The maximum atomic E-state index is 6.24. The highest BCUT2D eigenvalue weighted by molar-refractivity contribution is 6.10. The molecule has 0 saturated heterocycles. The van der Waals surface area contributed by atoms with Crippen molar-refractivity contribution in [3.8, 4) is 22.3 Å². The second-order valence-corrected chi connectivity index (χ2v) is 8.32. The molecule has 2 heteroatoms. The summed E-state index contributed by atoms with van der Waals surface area (Å²) in [6.45, 7) is 0. The molecule has 0 fully saturated rings. The number of furan rings is 1. The Balaban J connectivity index is 1.38. The van der Waals surface area contributed by atoms with E-state index in [1.807, 2.05) is 6.07 Å². The van der Waals surface area contributed by atoms with E-state index in [9.17, 15) is 0 Å². The quantitative estimate of drug-likeness (QED) is 0.304. The van der Waals surface area contributed by atoms with Gasteiger partial charge in [0, 0.05) is 32.6 Å². The molecule has 0 bridgehead atoms. The second kappa shape index (κ2) is 6.60. The minimum Gasteiger partial charge on any atom is -0.456 e. The van der Waals surface area contributed by atoms with Crippen LogP contribution in [0.1, 0.15) is 0 Å². The van der Waals surface area contributed by atoms with Crippen LogP contribution in [0.25, 0.3) is 66.0 Å². The van der Waals surface area contributed by atoms with Gasteiger partial charge >= 0.3 is 0 Å². The fourth-order valence-electron chi connectivity index (χ4n) is 4.79. The van der Waals surface area contributed by atoms with Crippen LogP contribution in [-0.2, 0) is 0 Å². The Morgan fingerprint density at radius 1 is 0.406 bits per heavy atom. The molecule has 0 atom stereocenters. The standard InChI is InChI=1S/C30H19NO/c1-2-6-19(7-3-1)20-12-15-29-26(17-20)24-13-10-22(18-30(24)32-29)21-11-14-28-25(16-21)23-8-4-5-9-27(23)31-28/h1-18,31H. The fraction of sp³-hybridized carbons (Fsp3) is 0. The van der Waals surface area contributed by atoms with Crippen LogP contribution in [0.5, 0.6) is 0 Å². The lowest BCUT2D eigenvalue weighted by atomic mass is 10.00. The second-order valence-electron chi connectivity index (χ2n) is 8.32. The largest absolute Gasteiger partial charge is 0.456 e. The van der Waals surface area contributed by atoms with Crippen molar-refractivity contribution in [2.45, 2.75) is 0 Å². The lowest BCUT2D eigenvalue weighted by Gasteiger charge is -2.03. The van der Waals surface area contributed by atoms with Gasteiger partial charge in [-0.1, -0.05) is 66.7 Å². The van der Waals surface area contributed by atoms with Crippen LogP contribution in [0.2, 0.25) is 0 Å². The number of hydrogen-bond donors (Lipinski definition) is 1. The number of fused-ring (bicyclic) bond motifs is 6. The van der Waals surface area contributed by atoms with Crippen LogP contribution < -0.4 is 0 Å². The molecule has 0 aliphatic carbocycles. The Kier molecular flexibility index (Phi) is 3.58. The molecule has 2 heterocycles. The van der Waals surface area contributed by atoms with E-state index < -0.39 is 0 Å². The van der Waals surface area contributed by atoms with Crippen molar-refractivity contribution in [3.63, 3.8) is 0 Å². The van der Waals surface area contributed by atoms with Gasteiger partial charge in [0.1, 0.15) is 11.2 Å². The summed E-state index contributed by atoms with van der Waals surface area (Å²) in [7, 11) is 0. The zero-order chi connectivity index (χ0) is 21.1. The Hall–Kier alpha value is -4.30. The van der Waals surface area contributed by atoms with E-state index in [0.29, 0.717) is 0 Å². The zero-order valence-electron chi connectivity index (χ0n) is 17.3. The van der Waals surface area contributed by atoms with Crippen molar-refractivity contribution in [3.05, 3.63) is 109 Å². The van der Waals surface area contributed by atoms with Crippen molar-refractivity contribution in [2.75, 3.05) is 0 Å². The molecule has 1 N–H and O–H groups in total. The third-order valence-corrected chi connectivity index (χ3v) is 6.42. The first-order valence-electron chi connectivity index (χ1n) is 10.9. The Labute approximate surface area is 184 Å². The number of H-pyrrole nitrogens is 1. The monoisotopic (exact) mass is 409 g/mol. The molecule has 0 radical (unpaired) electrons. The average molecular weight is 409 g/mol. The summed E-state index contributed by atoms with van der Waals surface area (Å²) >= 11 is 0. The van der Waals surface area contributed by atoms with Gasteiger partial charge in [-0.2, -0.15) is 0 Å². The van der Waals surface area contributed by atoms with Gasteiger partial charge in [0.05, 0.1) is 0 Å². The summed E-state index contributed by atoms with van der Waals surface area (Å²) in [5, 5.41) is 4.80. The number of aromatic nitrogens is 1. The highest BCUT2D eigenvalue weighted by Gasteiger charge is 2.11. The molecule has 150 valence electrons. The van der Waals surface area contributed by atoms with Crippen molar-refractivity contribution in [1.82, 2.24) is 4.98 Å². The molecule has 32 heavy (non-hydrogen) atoms. The first kappa shape index (κ1) is 17.4. The molecule has 0 amide bonds. The molecule has 0 aliphatic rings. The van der Waals surface area contributed by atoms with Gasteiger partial charge in [-0.15, -0.1) is 0 Å². The molecule has 7 rings (SSSR count). The summed E-state index contributed by atoms with van der Waals surface area (Å²) in [6.07, 6.45) is 0. The van der Waals surface area contributed by atoms with E-state index in [1.165, 1.54) is 33.0 Å². The smallest absolute Gasteiger partial charge is 0.136 e. The van der Waals surface area contributed by atoms with Gasteiger partial charge < -0.3 is 9.40 Å². The summed E-state index contributed by atoms with van der Waals surface area (Å²) in [6, 6.07) is 38.5. The Morgan fingerprint density at radius 2 is 1.09 bits per heavy atom. The molecule has 7 aromatic rings. The van der Waals surface area contributed by atoms with Crippen molar-refractivity contribution in [2.24, 2.45) is 0 Å². The van der Waals surface area contributed by atoms with Crippen molar-refractivity contribution < 1.29 is 4.42 Å². The van der Waals surface area contributed by atoms with Gasteiger partial charge in [-0.05, 0) is 64.7 Å². The number of nitrogens with one attached hydrogen (secondary N) is 1. The van der Waals surface area contributed by atoms with E-state index in [4.69, 9.17) is 4.42 Å². The Morgan fingerprint density at radius 3 is 2.03 bits per heavy atom. The summed E-state index contributed by atoms with van der Waals surface area (Å²) in [5.41, 5.74) is 8.93. The van der Waals surface area contributed by atoms with Gasteiger partial charge in [-0.3, -0.25) is 0 Å². The third-order valence-electron chi connectivity index (χ3n) is 6.42. The molecule has 0 unspecified atom stereocenters. The number of benzene rings is 5. The lowest BCUT2D eigenvalue weighted by molar-refractivity contribution is 0.669. The highest BCUT2D eigenvalue weighted by Crippen LogP contribution is 2.36. The number of rotatable bonds is 2. The fourth-order valence-corrected chi connectivity index (χ4v) is 4.79. The van der Waals surface area contributed by atoms with Crippen LogP contribution in [0.15, 0.2) is 114 Å². The maximum absolute atomic E-state index is 6.24. The molecule has 0 spiro atoms. The van der Waals surface area contributed by atoms with E-state index in [1.54, 1.807) is 0 Å². The number of aromatic amines is 1. The van der Waals surface area contributed by atoms with Gasteiger partial charge in [0.15, 0.2) is 0 Å². The predicted molar refractivity (Wildman–Crippen MR) is 134 cm³/mol. The topological polar surface area (TPSA) is 28.9 Å². The summed E-state index contributed by atoms with van der Waals surface area (Å²) < 4.78 is 6.24. The summed E-state index contributed by atoms with van der Waals surface area (Å²) in [4.78, 5) is 3.50. The maximum Gasteiger partial charge on any atom is 0.136 e. The zero-order valence-corrected chi connectivity index (χ0v) is 17.3. The predicted octanol–water partition coefficient (Wildman–Crippen LogP) is 8.55. The van der Waals surface area contributed by atoms with Crippen LogP contribution in [-0.4, -0.2) is 4.98 Å². The first-order valence-corrected chi connectivity index (χ1v) is 10.9. The van der Waals surface area contributed by atoms with E-state index in [2.05, 4.69) is 108 Å². The molecule has 2 nitrogen and oxygen atoms in total. The van der Waals surface area contributed by atoms with Crippen LogP contribution >= 0.6 is 0 Å². The van der Waals surface area contributed by atoms with Crippen LogP contribution in [0.4, 0.5) is 0 Å². The molecular formula is C30H19NO. The van der Waals surface area contributed by atoms with Crippen LogP contribution in [0.3, 0.4) is 0 Å². The SMILES string of the molecule is c1ccc(-c2ccc3oc4cc(-c5ccc6[nH]c7ccccc7c6c5)ccc4c3c2)cc1. The number of hydrogen-bond acceptors (Lipinski definition) is 1. The van der Waals surface area contributed by atoms with Crippen LogP contribution in [0, 0.1) is 0 Å². The molecule has 0 aliphatic heterocycles. The number of para-hydroxylation sites is 1. The molecule has 5 aromatic carbocycles. The minimum atomic E-state index is 0.918. The molecule has 2 aromatic heterocycles. The van der Waals surface area contributed by atoms with Crippen molar-refractivity contribution in [1.29, 1.82) is 0 Å². The normalized spacial score (nSPS) is 11.8. The summed E-state index contributed by atoms with van der Waals surface area (Å²) in [5.74, 6) is 0. The highest BCUT2D eigenvalue weighted by atomic mass is 16.3. The average Bonchev–Trinajstić information content (AvgIpc) is 3.41. The first-order chi connectivity index (χ1) is 15.8. The van der Waals surface area contributed by atoms with Gasteiger partial charge in [0.25, 0.3) is 0 Å².